The Morgan fingerprint density at radius 2 is 1.49 bits per heavy atom. The van der Waals surface area contributed by atoms with E-state index < -0.39 is 30.0 Å². The van der Waals surface area contributed by atoms with Crippen LogP contribution in [0.5, 0.6) is 11.6 Å². The van der Waals surface area contributed by atoms with Crippen LogP contribution in [0.4, 0.5) is 4.39 Å². The van der Waals surface area contributed by atoms with Crippen LogP contribution in [0.2, 0.25) is 0 Å². The first-order valence-corrected chi connectivity index (χ1v) is 15.1. The summed E-state index contributed by atoms with van der Waals surface area (Å²) in [6, 6.07) is 15.4. The van der Waals surface area contributed by atoms with Gasteiger partial charge in [-0.05, 0) is 89.2 Å². The topological polar surface area (TPSA) is 125 Å². The summed E-state index contributed by atoms with van der Waals surface area (Å²) in [4.78, 5) is 39.0. The minimum atomic E-state index is -0.651. The van der Waals surface area contributed by atoms with Crippen molar-refractivity contribution in [1.82, 2.24) is 25.6 Å². The molecule has 0 atom stereocenters. The predicted molar refractivity (Wildman–Crippen MR) is 167 cm³/mol. The minimum absolute atomic E-state index is 0.0126. The first kappa shape index (κ1) is 30.6. The van der Waals surface area contributed by atoms with E-state index in [-0.39, 0.29) is 35.1 Å². The molecule has 12 heteroatoms. The SMILES string of the molecule is CC1(C)OB(c2cccc(Oc3ncc(F)cc3C(=O)N[C@H]3CC[C@H](NC(=O)c4cnc5ccccc5n4)CC3)c2)OC1(C)C. The van der Waals surface area contributed by atoms with Crippen LogP contribution in [-0.2, 0) is 9.31 Å². The fraction of sp³-hybridized carbons (Fsp3) is 0.364. The molecule has 6 rings (SSSR count). The normalized spacial score (nSPS) is 20.5. The van der Waals surface area contributed by atoms with Crippen LogP contribution in [0.25, 0.3) is 11.0 Å². The summed E-state index contributed by atoms with van der Waals surface area (Å²) >= 11 is 0. The van der Waals surface area contributed by atoms with Gasteiger partial charge in [0.05, 0.1) is 34.6 Å². The maximum atomic E-state index is 14.3. The van der Waals surface area contributed by atoms with E-state index in [4.69, 9.17) is 14.0 Å². The number of hydrogen-bond donors (Lipinski definition) is 2. The summed E-state index contributed by atoms with van der Waals surface area (Å²) in [5.74, 6) is -1.03. The van der Waals surface area contributed by atoms with E-state index in [0.29, 0.717) is 36.9 Å². The number of para-hydroxylation sites is 2. The van der Waals surface area contributed by atoms with Gasteiger partial charge in [-0.15, -0.1) is 0 Å². The highest BCUT2D eigenvalue weighted by atomic mass is 19.1. The summed E-state index contributed by atoms with van der Waals surface area (Å²) < 4.78 is 32.6. The van der Waals surface area contributed by atoms with Crippen molar-refractivity contribution >= 4 is 35.4 Å². The minimum Gasteiger partial charge on any atom is -0.438 e. The molecule has 10 nitrogen and oxygen atoms in total. The molecule has 2 aromatic heterocycles. The predicted octanol–water partition coefficient (Wildman–Crippen LogP) is 4.73. The maximum absolute atomic E-state index is 14.3. The van der Waals surface area contributed by atoms with Gasteiger partial charge in [0, 0.05) is 12.1 Å². The Kier molecular flexibility index (Phi) is 8.28. The number of nitrogens with one attached hydrogen (secondary N) is 2. The fourth-order valence-electron chi connectivity index (χ4n) is 5.46. The average Bonchev–Trinajstić information content (AvgIpc) is 3.25. The number of amides is 2. The Hall–Kier alpha value is -4.42. The second-order valence-corrected chi connectivity index (χ2v) is 12.5. The molecule has 2 fully saturated rings. The van der Waals surface area contributed by atoms with Gasteiger partial charge >= 0.3 is 7.12 Å². The van der Waals surface area contributed by atoms with Crippen molar-refractivity contribution < 1.29 is 28.0 Å². The maximum Gasteiger partial charge on any atom is 0.494 e. The van der Waals surface area contributed by atoms with Crippen molar-refractivity contribution in [3.05, 3.63) is 84.1 Å². The molecule has 0 radical (unpaired) electrons. The molecule has 0 bridgehead atoms. The van der Waals surface area contributed by atoms with Crippen LogP contribution in [0.15, 0.2) is 67.0 Å². The van der Waals surface area contributed by atoms with Crippen LogP contribution < -0.4 is 20.8 Å². The zero-order valence-electron chi connectivity index (χ0n) is 25.7. The van der Waals surface area contributed by atoms with Crippen molar-refractivity contribution in [1.29, 1.82) is 0 Å². The van der Waals surface area contributed by atoms with Crippen LogP contribution in [0.1, 0.15) is 74.2 Å². The van der Waals surface area contributed by atoms with Gasteiger partial charge in [0.2, 0.25) is 5.88 Å². The quantitative estimate of drug-likeness (QED) is 0.288. The molecule has 0 spiro atoms. The zero-order chi connectivity index (χ0) is 31.8. The highest BCUT2D eigenvalue weighted by molar-refractivity contribution is 6.62. The third-order valence-corrected chi connectivity index (χ3v) is 8.74. The third-order valence-electron chi connectivity index (χ3n) is 8.74. The molecule has 2 aromatic carbocycles. The fourth-order valence-corrected chi connectivity index (χ4v) is 5.46. The number of aromatic nitrogens is 3. The Labute approximate surface area is 261 Å². The number of fused-ring (bicyclic) bond motifs is 1. The first-order valence-electron chi connectivity index (χ1n) is 15.1. The van der Waals surface area contributed by atoms with Crippen molar-refractivity contribution in [3.8, 4) is 11.6 Å². The van der Waals surface area contributed by atoms with Crippen LogP contribution in [0.3, 0.4) is 0 Å². The number of halogens is 1. The number of rotatable bonds is 7. The van der Waals surface area contributed by atoms with Gasteiger partial charge in [-0.25, -0.2) is 14.4 Å². The molecular formula is C33H35BFN5O5. The molecule has 2 amide bonds. The van der Waals surface area contributed by atoms with E-state index in [9.17, 15) is 14.0 Å². The lowest BCUT2D eigenvalue weighted by molar-refractivity contribution is 0.00578. The number of nitrogens with zero attached hydrogens (tertiary/aromatic N) is 3. The summed E-state index contributed by atoms with van der Waals surface area (Å²) in [5, 5.41) is 6.02. The second kappa shape index (κ2) is 12.2. The summed E-state index contributed by atoms with van der Waals surface area (Å²) in [5.41, 5.74) is 1.37. The molecule has 232 valence electrons. The number of benzene rings is 2. The molecule has 4 aromatic rings. The molecule has 45 heavy (non-hydrogen) atoms. The van der Waals surface area contributed by atoms with Crippen molar-refractivity contribution in [3.63, 3.8) is 0 Å². The molecule has 1 aliphatic carbocycles. The zero-order valence-corrected chi connectivity index (χ0v) is 25.7. The number of ether oxygens (including phenoxy) is 1. The smallest absolute Gasteiger partial charge is 0.438 e. The monoisotopic (exact) mass is 611 g/mol. The Bertz CT molecular complexity index is 1730. The van der Waals surface area contributed by atoms with Crippen LogP contribution in [-0.4, -0.2) is 57.2 Å². The number of hydrogen-bond acceptors (Lipinski definition) is 8. The van der Waals surface area contributed by atoms with Crippen LogP contribution in [0, 0.1) is 5.82 Å². The number of carbonyl (C=O) groups is 2. The molecular weight excluding hydrogens is 576 g/mol. The van der Waals surface area contributed by atoms with Crippen molar-refractivity contribution in [2.75, 3.05) is 0 Å². The second-order valence-electron chi connectivity index (χ2n) is 12.5. The molecule has 1 saturated carbocycles. The molecule has 1 aliphatic heterocycles. The Balaban J connectivity index is 1.07. The van der Waals surface area contributed by atoms with E-state index in [1.807, 2.05) is 58.0 Å². The average molecular weight is 611 g/mol. The number of pyridine rings is 1. The number of carbonyl (C=O) groups excluding carboxylic acids is 2. The Morgan fingerprint density at radius 3 is 2.18 bits per heavy atom. The van der Waals surface area contributed by atoms with Crippen LogP contribution >= 0.6 is 0 Å². The van der Waals surface area contributed by atoms with Gasteiger partial charge in [-0.2, -0.15) is 0 Å². The van der Waals surface area contributed by atoms with Crippen molar-refractivity contribution in [2.24, 2.45) is 0 Å². The summed E-state index contributed by atoms with van der Waals surface area (Å²) in [6.07, 6.45) is 5.08. The third kappa shape index (κ3) is 6.67. The van der Waals surface area contributed by atoms with Gasteiger partial charge in [-0.1, -0.05) is 24.3 Å². The molecule has 2 aliphatic rings. The lowest BCUT2D eigenvalue weighted by Crippen LogP contribution is -2.44. The summed E-state index contributed by atoms with van der Waals surface area (Å²) in [7, 11) is -0.595. The Morgan fingerprint density at radius 1 is 0.844 bits per heavy atom. The lowest BCUT2D eigenvalue weighted by atomic mass is 9.79. The molecule has 3 heterocycles. The van der Waals surface area contributed by atoms with E-state index in [1.54, 1.807) is 18.2 Å². The van der Waals surface area contributed by atoms with Gasteiger partial charge < -0.3 is 24.7 Å². The van der Waals surface area contributed by atoms with Gasteiger partial charge in [0.1, 0.15) is 22.8 Å². The van der Waals surface area contributed by atoms with E-state index >= 15 is 0 Å². The highest BCUT2D eigenvalue weighted by Crippen LogP contribution is 2.37. The molecule has 0 unspecified atom stereocenters. The van der Waals surface area contributed by atoms with Gasteiger partial charge in [0.15, 0.2) is 0 Å². The van der Waals surface area contributed by atoms with E-state index in [2.05, 4.69) is 25.6 Å². The molecule has 1 saturated heterocycles. The van der Waals surface area contributed by atoms with E-state index in [0.717, 1.165) is 23.2 Å². The largest absolute Gasteiger partial charge is 0.494 e. The van der Waals surface area contributed by atoms with Gasteiger partial charge in [-0.3, -0.25) is 14.6 Å². The van der Waals surface area contributed by atoms with Gasteiger partial charge in [0.25, 0.3) is 11.8 Å². The molecule has 2 N–H and O–H groups in total. The lowest BCUT2D eigenvalue weighted by Gasteiger charge is -2.32. The standard InChI is InChI=1S/C33H35BFN5O5/c1-32(2)33(3,4)45-34(44-32)20-8-7-9-24(16-20)43-31-25(17-21(35)18-37-31)29(41)38-22-12-14-23(15-13-22)39-30(42)28-19-36-26-10-5-6-11-27(26)40-28/h5-11,16-19,22-23H,12-15H2,1-4H3,(H,38,41)(H,39,42)/t22-,23-. The first-order chi connectivity index (χ1) is 21.5. The highest BCUT2D eigenvalue weighted by Gasteiger charge is 2.51. The van der Waals surface area contributed by atoms with E-state index in [1.165, 1.54) is 6.20 Å². The summed E-state index contributed by atoms with van der Waals surface area (Å²) in [6.45, 7) is 7.91. The van der Waals surface area contributed by atoms with Crippen molar-refractivity contribution in [2.45, 2.75) is 76.7 Å².